The summed E-state index contributed by atoms with van der Waals surface area (Å²) in [5.74, 6) is 2.13. The minimum Gasteiger partial charge on any atom is -0.381 e. The molecule has 0 bridgehead atoms. The normalized spacial score (nSPS) is 22.4. The van der Waals surface area contributed by atoms with Gasteiger partial charge in [0.05, 0.1) is 13.2 Å². The van der Waals surface area contributed by atoms with Gasteiger partial charge in [-0.05, 0) is 44.0 Å². The van der Waals surface area contributed by atoms with Crippen molar-refractivity contribution in [3.63, 3.8) is 0 Å². The van der Waals surface area contributed by atoms with Crippen molar-refractivity contribution in [1.29, 1.82) is 0 Å². The highest BCUT2D eigenvalue weighted by Crippen LogP contribution is 2.38. The molecule has 1 N–H and O–H groups in total. The van der Waals surface area contributed by atoms with Crippen molar-refractivity contribution < 1.29 is 9.26 Å². The number of hydrogen-bond acceptors (Lipinski definition) is 5. The molecule has 2 aliphatic rings. The minimum absolute atomic E-state index is 0.316. The molecule has 2 saturated heterocycles. The summed E-state index contributed by atoms with van der Waals surface area (Å²) < 4.78 is 11.0. The third kappa shape index (κ3) is 4.31. The van der Waals surface area contributed by atoms with Crippen LogP contribution in [0.15, 0.2) is 33.8 Å². The number of nitrogens with zero attached hydrogens (tertiary/aromatic N) is 4. The Hall–Kier alpha value is -2.12. The van der Waals surface area contributed by atoms with Gasteiger partial charge in [-0.25, -0.2) is 0 Å². The summed E-state index contributed by atoms with van der Waals surface area (Å²) >= 11 is 5.93. The Labute approximate surface area is 170 Å². The molecule has 150 valence electrons. The van der Waals surface area contributed by atoms with Gasteiger partial charge in [-0.1, -0.05) is 16.8 Å². The van der Waals surface area contributed by atoms with Crippen molar-refractivity contribution in [2.75, 3.05) is 39.4 Å². The fourth-order valence-electron chi connectivity index (χ4n) is 3.84. The lowest BCUT2D eigenvalue weighted by Crippen LogP contribution is -2.41. The average Bonchev–Trinajstić information content (AvgIpc) is 3.45. The number of guanidine groups is 1. The van der Waals surface area contributed by atoms with Crippen molar-refractivity contribution in [2.24, 2.45) is 10.4 Å². The number of aromatic nitrogens is 2. The second kappa shape index (κ2) is 8.49. The molecule has 28 heavy (non-hydrogen) atoms. The Morgan fingerprint density at radius 3 is 2.93 bits per heavy atom. The quantitative estimate of drug-likeness (QED) is 0.611. The van der Waals surface area contributed by atoms with Crippen molar-refractivity contribution in [2.45, 2.75) is 26.2 Å². The fraction of sp³-hybridized carbons (Fsp3) is 0.550. The number of hydrogen-bond donors (Lipinski definition) is 1. The summed E-state index contributed by atoms with van der Waals surface area (Å²) in [5.41, 5.74) is 1.20. The maximum atomic E-state index is 5.93. The summed E-state index contributed by atoms with van der Waals surface area (Å²) in [5, 5.41) is 8.15. The number of benzene rings is 1. The van der Waals surface area contributed by atoms with Crippen molar-refractivity contribution in [3.8, 4) is 11.4 Å². The first-order valence-corrected chi connectivity index (χ1v) is 10.2. The molecule has 1 aromatic carbocycles. The highest BCUT2D eigenvalue weighted by atomic mass is 35.5. The van der Waals surface area contributed by atoms with E-state index in [1.165, 1.54) is 6.42 Å². The highest BCUT2D eigenvalue weighted by Gasteiger charge is 2.42. The molecule has 1 spiro atoms. The summed E-state index contributed by atoms with van der Waals surface area (Å²) in [6.07, 6.45) is 2.93. The second-order valence-corrected chi connectivity index (χ2v) is 7.91. The number of aliphatic imine (C=N–C) groups is 1. The topological polar surface area (TPSA) is 75.8 Å². The highest BCUT2D eigenvalue weighted by molar-refractivity contribution is 6.30. The third-order valence-corrected chi connectivity index (χ3v) is 5.67. The van der Waals surface area contributed by atoms with Gasteiger partial charge in [0, 0.05) is 48.7 Å². The lowest BCUT2D eigenvalue weighted by atomic mass is 9.87. The van der Waals surface area contributed by atoms with Crippen LogP contribution in [0.1, 0.15) is 25.7 Å². The first-order valence-electron chi connectivity index (χ1n) is 9.87. The molecule has 0 saturated carbocycles. The third-order valence-electron chi connectivity index (χ3n) is 5.42. The number of likely N-dealkylation sites (tertiary alicyclic amines) is 1. The SMILES string of the molecule is CCNC(=NCCc1nc(-c2ccc(Cl)cc2)no1)N1CCC2(CCOC2)C1. The predicted molar refractivity (Wildman–Crippen MR) is 108 cm³/mol. The lowest BCUT2D eigenvalue weighted by Gasteiger charge is -2.24. The zero-order chi connectivity index (χ0) is 19.4. The van der Waals surface area contributed by atoms with Gasteiger partial charge in [0.2, 0.25) is 11.7 Å². The molecule has 0 amide bonds. The predicted octanol–water partition coefficient (Wildman–Crippen LogP) is 3.01. The second-order valence-electron chi connectivity index (χ2n) is 7.48. The number of ether oxygens (including phenoxy) is 1. The van der Waals surface area contributed by atoms with E-state index in [1.807, 2.05) is 24.3 Å². The molecule has 1 aromatic heterocycles. The van der Waals surface area contributed by atoms with E-state index in [4.69, 9.17) is 25.9 Å². The minimum atomic E-state index is 0.316. The molecule has 2 aromatic rings. The molecule has 0 aliphatic carbocycles. The summed E-state index contributed by atoms with van der Waals surface area (Å²) in [6, 6.07) is 7.40. The molecular formula is C20H26ClN5O2. The molecule has 4 rings (SSSR count). The van der Waals surface area contributed by atoms with Crippen LogP contribution in [0.5, 0.6) is 0 Å². The standard InChI is InChI=1S/C20H26ClN5O2/c1-2-22-19(26-11-8-20(13-26)9-12-27-14-20)23-10-7-17-24-18(25-28-17)15-3-5-16(21)6-4-15/h3-6H,2,7-14H2,1H3,(H,22,23). The molecule has 1 atom stereocenters. The summed E-state index contributed by atoms with van der Waals surface area (Å²) in [4.78, 5) is 11.6. The Balaban J connectivity index is 1.36. The van der Waals surface area contributed by atoms with Crippen molar-refractivity contribution >= 4 is 17.6 Å². The van der Waals surface area contributed by atoms with Crippen LogP contribution in [-0.4, -0.2) is 60.4 Å². The van der Waals surface area contributed by atoms with E-state index >= 15 is 0 Å². The van der Waals surface area contributed by atoms with Crippen LogP contribution < -0.4 is 5.32 Å². The van der Waals surface area contributed by atoms with Crippen LogP contribution in [0.2, 0.25) is 5.02 Å². The van der Waals surface area contributed by atoms with Crippen molar-refractivity contribution in [1.82, 2.24) is 20.4 Å². The monoisotopic (exact) mass is 403 g/mol. The van der Waals surface area contributed by atoms with Gasteiger partial charge < -0.3 is 19.5 Å². The molecule has 2 fully saturated rings. The van der Waals surface area contributed by atoms with Crippen LogP contribution in [0.4, 0.5) is 0 Å². The Bertz CT molecular complexity index is 814. The molecule has 0 radical (unpaired) electrons. The Kier molecular flexibility index (Phi) is 5.82. The summed E-state index contributed by atoms with van der Waals surface area (Å²) in [7, 11) is 0. The van der Waals surface area contributed by atoms with E-state index < -0.39 is 0 Å². The van der Waals surface area contributed by atoms with Gasteiger partial charge in [-0.2, -0.15) is 4.98 Å². The van der Waals surface area contributed by atoms with E-state index in [-0.39, 0.29) is 0 Å². The zero-order valence-electron chi connectivity index (χ0n) is 16.2. The molecule has 1 unspecified atom stereocenters. The first kappa shape index (κ1) is 19.2. The van der Waals surface area contributed by atoms with E-state index in [1.54, 1.807) is 0 Å². The molecule has 8 heteroatoms. The van der Waals surface area contributed by atoms with Gasteiger partial charge in [0.15, 0.2) is 5.96 Å². The van der Waals surface area contributed by atoms with E-state index in [0.29, 0.717) is 35.1 Å². The van der Waals surface area contributed by atoms with Crippen LogP contribution in [0.3, 0.4) is 0 Å². The Morgan fingerprint density at radius 2 is 2.18 bits per heavy atom. The molecule has 7 nitrogen and oxygen atoms in total. The zero-order valence-corrected chi connectivity index (χ0v) is 16.9. The number of halogens is 1. The smallest absolute Gasteiger partial charge is 0.228 e. The summed E-state index contributed by atoms with van der Waals surface area (Å²) in [6.45, 7) is 7.34. The van der Waals surface area contributed by atoms with Gasteiger partial charge in [-0.3, -0.25) is 4.99 Å². The van der Waals surface area contributed by atoms with Crippen LogP contribution in [0, 0.1) is 5.41 Å². The van der Waals surface area contributed by atoms with Gasteiger partial charge in [0.25, 0.3) is 0 Å². The van der Waals surface area contributed by atoms with Crippen molar-refractivity contribution in [3.05, 3.63) is 35.2 Å². The van der Waals surface area contributed by atoms with Gasteiger partial charge >= 0.3 is 0 Å². The van der Waals surface area contributed by atoms with E-state index in [2.05, 4.69) is 27.3 Å². The number of rotatable bonds is 5. The lowest BCUT2D eigenvalue weighted by molar-refractivity contribution is 0.156. The first-order chi connectivity index (χ1) is 13.7. The molecule has 3 heterocycles. The Morgan fingerprint density at radius 1 is 1.32 bits per heavy atom. The van der Waals surface area contributed by atoms with E-state index in [9.17, 15) is 0 Å². The maximum absolute atomic E-state index is 5.93. The molecular weight excluding hydrogens is 378 g/mol. The largest absolute Gasteiger partial charge is 0.381 e. The van der Waals surface area contributed by atoms with Gasteiger partial charge in [0.1, 0.15) is 0 Å². The van der Waals surface area contributed by atoms with Crippen LogP contribution in [-0.2, 0) is 11.2 Å². The average molecular weight is 404 g/mol. The maximum Gasteiger partial charge on any atom is 0.228 e. The van der Waals surface area contributed by atoms with Crippen LogP contribution >= 0.6 is 11.6 Å². The van der Waals surface area contributed by atoms with Gasteiger partial charge in [-0.15, -0.1) is 0 Å². The molecule has 2 aliphatic heterocycles. The van der Waals surface area contributed by atoms with Crippen LogP contribution in [0.25, 0.3) is 11.4 Å². The van der Waals surface area contributed by atoms with E-state index in [0.717, 1.165) is 50.8 Å². The fourth-order valence-corrected chi connectivity index (χ4v) is 3.97. The number of nitrogens with one attached hydrogen (secondary N) is 1.